The normalized spacial score (nSPS) is 11.2. The van der Waals surface area contributed by atoms with Gasteiger partial charge in [-0.05, 0) is 68.0 Å². The minimum atomic E-state index is -0.230. The van der Waals surface area contributed by atoms with Crippen molar-refractivity contribution in [1.82, 2.24) is 24.8 Å². The molecule has 4 aromatic rings. The zero-order chi connectivity index (χ0) is 23.4. The predicted octanol–water partition coefficient (Wildman–Crippen LogP) is 4.48. The van der Waals surface area contributed by atoms with Gasteiger partial charge in [-0.25, -0.2) is 8.91 Å². The number of carbonyl (C=O) groups is 1. The maximum absolute atomic E-state index is 14.8. The molecule has 1 amide bonds. The fourth-order valence-corrected chi connectivity index (χ4v) is 3.76. The summed E-state index contributed by atoms with van der Waals surface area (Å²) in [6.07, 6.45) is 2.83. The van der Waals surface area contributed by atoms with E-state index in [1.54, 1.807) is 48.1 Å². The van der Waals surface area contributed by atoms with Gasteiger partial charge in [-0.3, -0.25) is 4.79 Å². The van der Waals surface area contributed by atoms with Gasteiger partial charge in [0.2, 0.25) is 5.95 Å². The first-order valence-electron chi connectivity index (χ1n) is 10.9. The van der Waals surface area contributed by atoms with E-state index in [0.717, 1.165) is 29.8 Å². The standard InChI is InChI=1S/C25H27FN6O/c1-4-13-31(3)16-19-8-7-18(15-22(19)26)21-6-5-14-32-23(21)29-25(30-32)28-20-11-9-17(10-12-20)24(33)27-2/h5-12,14-15H,4,13,16H2,1-3H3,(H,27,33)(H,28,30). The van der Waals surface area contributed by atoms with Crippen LogP contribution in [0.4, 0.5) is 16.0 Å². The lowest BCUT2D eigenvalue weighted by atomic mass is 10.0. The van der Waals surface area contributed by atoms with E-state index in [1.807, 2.05) is 31.3 Å². The highest BCUT2D eigenvalue weighted by Gasteiger charge is 2.13. The molecule has 2 aromatic carbocycles. The first-order valence-corrected chi connectivity index (χ1v) is 10.9. The Labute approximate surface area is 192 Å². The summed E-state index contributed by atoms with van der Waals surface area (Å²) in [7, 11) is 3.59. The lowest BCUT2D eigenvalue weighted by Crippen LogP contribution is -2.19. The third-order valence-electron chi connectivity index (χ3n) is 5.40. The molecule has 0 saturated heterocycles. The van der Waals surface area contributed by atoms with Gasteiger partial charge in [0.05, 0.1) is 0 Å². The van der Waals surface area contributed by atoms with Crippen LogP contribution >= 0.6 is 0 Å². The molecule has 0 unspecified atom stereocenters. The summed E-state index contributed by atoms with van der Waals surface area (Å²) in [4.78, 5) is 18.4. The topological polar surface area (TPSA) is 74.6 Å². The van der Waals surface area contributed by atoms with Crippen molar-refractivity contribution in [2.45, 2.75) is 19.9 Å². The minimum absolute atomic E-state index is 0.146. The van der Waals surface area contributed by atoms with Crippen molar-refractivity contribution in [3.63, 3.8) is 0 Å². The van der Waals surface area contributed by atoms with Gasteiger partial charge in [-0.15, -0.1) is 5.10 Å². The Morgan fingerprint density at radius 3 is 2.64 bits per heavy atom. The SMILES string of the molecule is CCCN(C)Cc1ccc(-c2cccn3nc(Nc4ccc(C(=O)NC)cc4)nc23)cc1F. The number of nitrogens with one attached hydrogen (secondary N) is 2. The van der Waals surface area contributed by atoms with Crippen molar-refractivity contribution in [2.75, 3.05) is 26.0 Å². The van der Waals surface area contributed by atoms with Crippen LogP contribution in [-0.4, -0.2) is 46.0 Å². The van der Waals surface area contributed by atoms with Crippen molar-refractivity contribution >= 4 is 23.2 Å². The molecule has 0 radical (unpaired) electrons. The van der Waals surface area contributed by atoms with E-state index in [2.05, 4.69) is 32.5 Å². The van der Waals surface area contributed by atoms with Gasteiger partial charge in [-0.1, -0.05) is 19.1 Å². The predicted molar refractivity (Wildman–Crippen MR) is 128 cm³/mol. The van der Waals surface area contributed by atoms with E-state index < -0.39 is 0 Å². The molecular formula is C25H27FN6O. The average Bonchev–Trinajstić information content (AvgIpc) is 3.23. The number of anilines is 2. The number of benzene rings is 2. The number of carbonyl (C=O) groups excluding carboxylic acids is 1. The van der Waals surface area contributed by atoms with E-state index in [-0.39, 0.29) is 11.7 Å². The van der Waals surface area contributed by atoms with Crippen LogP contribution in [0.25, 0.3) is 16.8 Å². The number of fused-ring (bicyclic) bond motifs is 1. The summed E-state index contributed by atoms with van der Waals surface area (Å²) in [6.45, 7) is 3.60. The zero-order valence-corrected chi connectivity index (χ0v) is 19.0. The molecule has 4 rings (SSSR count). The van der Waals surface area contributed by atoms with Crippen LogP contribution in [0.2, 0.25) is 0 Å². The second-order valence-corrected chi connectivity index (χ2v) is 7.95. The van der Waals surface area contributed by atoms with Gasteiger partial charge in [-0.2, -0.15) is 4.98 Å². The van der Waals surface area contributed by atoms with E-state index >= 15 is 0 Å². The summed E-state index contributed by atoms with van der Waals surface area (Å²) in [5.41, 5.74) is 4.16. The lowest BCUT2D eigenvalue weighted by Gasteiger charge is -2.16. The molecule has 170 valence electrons. The fraction of sp³-hybridized carbons (Fsp3) is 0.240. The largest absolute Gasteiger partial charge is 0.355 e. The first kappa shape index (κ1) is 22.4. The number of hydrogen-bond donors (Lipinski definition) is 2. The third-order valence-corrected chi connectivity index (χ3v) is 5.40. The number of pyridine rings is 1. The smallest absolute Gasteiger partial charge is 0.251 e. The second-order valence-electron chi connectivity index (χ2n) is 7.95. The summed E-state index contributed by atoms with van der Waals surface area (Å²) in [6, 6.07) is 16.1. The molecule has 8 heteroatoms. The molecule has 0 aliphatic heterocycles. The van der Waals surface area contributed by atoms with E-state index in [0.29, 0.717) is 29.3 Å². The number of halogens is 1. The number of rotatable bonds is 8. The van der Waals surface area contributed by atoms with Gasteiger partial charge in [0, 0.05) is 42.2 Å². The molecule has 7 nitrogen and oxygen atoms in total. The average molecular weight is 447 g/mol. The summed E-state index contributed by atoms with van der Waals surface area (Å²) >= 11 is 0. The van der Waals surface area contributed by atoms with Crippen LogP contribution in [0.15, 0.2) is 60.8 Å². The molecule has 0 aliphatic carbocycles. The number of hydrogen-bond acceptors (Lipinski definition) is 5. The van der Waals surface area contributed by atoms with Crippen molar-refractivity contribution in [2.24, 2.45) is 0 Å². The Kier molecular flexibility index (Phi) is 6.65. The van der Waals surface area contributed by atoms with Crippen molar-refractivity contribution in [1.29, 1.82) is 0 Å². The highest BCUT2D eigenvalue weighted by atomic mass is 19.1. The molecule has 2 heterocycles. The first-order chi connectivity index (χ1) is 16.0. The number of amides is 1. The fourth-order valence-electron chi connectivity index (χ4n) is 3.76. The van der Waals surface area contributed by atoms with Gasteiger partial charge in [0.25, 0.3) is 5.91 Å². The van der Waals surface area contributed by atoms with Crippen LogP contribution in [0.1, 0.15) is 29.3 Å². The second kappa shape index (κ2) is 9.79. The van der Waals surface area contributed by atoms with Crippen molar-refractivity contribution in [3.05, 3.63) is 77.7 Å². The Morgan fingerprint density at radius 2 is 1.94 bits per heavy atom. The molecule has 0 saturated carbocycles. The molecule has 0 spiro atoms. The van der Waals surface area contributed by atoms with E-state index in [9.17, 15) is 9.18 Å². The van der Waals surface area contributed by atoms with Gasteiger partial charge >= 0.3 is 0 Å². The van der Waals surface area contributed by atoms with E-state index in [1.165, 1.54) is 0 Å². The monoisotopic (exact) mass is 446 g/mol. The summed E-state index contributed by atoms with van der Waals surface area (Å²) in [5.74, 6) is 0.0345. The van der Waals surface area contributed by atoms with Gasteiger partial charge < -0.3 is 15.5 Å². The quantitative estimate of drug-likeness (QED) is 0.417. The van der Waals surface area contributed by atoms with Crippen LogP contribution in [-0.2, 0) is 6.54 Å². The van der Waals surface area contributed by atoms with E-state index in [4.69, 9.17) is 0 Å². The van der Waals surface area contributed by atoms with Crippen LogP contribution in [0, 0.1) is 5.82 Å². The van der Waals surface area contributed by atoms with Crippen molar-refractivity contribution in [3.8, 4) is 11.1 Å². The van der Waals surface area contributed by atoms with Crippen LogP contribution < -0.4 is 10.6 Å². The summed E-state index contributed by atoms with van der Waals surface area (Å²) in [5, 5.41) is 10.2. The molecule has 2 N–H and O–H groups in total. The Bertz CT molecular complexity index is 1270. The maximum atomic E-state index is 14.8. The van der Waals surface area contributed by atoms with Crippen LogP contribution in [0.5, 0.6) is 0 Å². The molecule has 0 atom stereocenters. The molecule has 0 fully saturated rings. The van der Waals surface area contributed by atoms with Gasteiger partial charge in [0.15, 0.2) is 5.65 Å². The third kappa shape index (κ3) is 5.01. The highest BCUT2D eigenvalue weighted by molar-refractivity contribution is 5.94. The molecular weight excluding hydrogens is 419 g/mol. The maximum Gasteiger partial charge on any atom is 0.251 e. The summed E-state index contributed by atoms with van der Waals surface area (Å²) < 4.78 is 16.5. The Balaban J connectivity index is 1.59. The zero-order valence-electron chi connectivity index (χ0n) is 19.0. The number of nitrogens with zero attached hydrogens (tertiary/aromatic N) is 4. The number of aromatic nitrogens is 3. The van der Waals surface area contributed by atoms with Crippen LogP contribution in [0.3, 0.4) is 0 Å². The molecule has 2 aromatic heterocycles. The highest BCUT2D eigenvalue weighted by Crippen LogP contribution is 2.27. The lowest BCUT2D eigenvalue weighted by molar-refractivity contribution is 0.0963. The Hall–Kier alpha value is -3.78. The van der Waals surface area contributed by atoms with Gasteiger partial charge in [0.1, 0.15) is 5.82 Å². The Morgan fingerprint density at radius 1 is 1.15 bits per heavy atom. The minimum Gasteiger partial charge on any atom is -0.355 e. The molecule has 0 aliphatic rings. The molecule has 0 bridgehead atoms. The van der Waals surface area contributed by atoms with Crippen molar-refractivity contribution < 1.29 is 9.18 Å². The molecule has 33 heavy (non-hydrogen) atoms.